The van der Waals surface area contributed by atoms with Gasteiger partial charge in [-0.05, 0) is 106 Å². The second kappa shape index (κ2) is 19.2. The highest BCUT2D eigenvalue weighted by Gasteiger charge is 2.42. The maximum absolute atomic E-state index is 14.3. The van der Waals surface area contributed by atoms with Crippen molar-refractivity contribution in [2.75, 3.05) is 0 Å². The first-order chi connectivity index (χ1) is 42.5. The topological polar surface area (TPSA) is 236 Å². The van der Waals surface area contributed by atoms with Crippen molar-refractivity contribution in [3.63, 3.8) is 0 Å². The van der Waals surface area contributed by atoms with Gasteiger partial charge in [0.25, 0.3) is 0 Å². The summed E-state index contributed by atoms with van der Waals surface area (Å²) < 4.78 is 24.7. The summed E-state index contributed by atoms with van der Waals surface area (Å²) in [5.74, 6) is -0.165. The van der Waals surface area contributed by atoms with Crippen molar-refractivity contribution in [2.24, 2.45) is 0 Å². The van der Waals surface area contributed by atoms with Crippen molar-refractivity contribution in [2.45, 2.75) is 38.9 Å². The van der Waals surface area contributed by atoms with Crippen LogP contribution in [0.2, 0.25) is 0 Å². The van der Waals surface area contributed by atoms with E-state index in [1.165, 1.54) is 46.9 Å². The fourth-order valence-electron chi connectivity index (χ4n) is 11.9. The Balaban J connectivity index is 0.889. The molecule has 16 nitrogen and oxygen atoms in total. The van der Waals surface area contributed by atoms with Crippen LogP contribution in [-0.2, 0) is 11.2 Å². The smallest absolute Gasteiger partial charge is 0.482 e. The number of Topliss-reactive ketones (excluding diaryl/α,β-unsaturated/α-hetero) is 2. The maximum Gasteiger partial charge on any atom is 0.528 e. The van der Waals surface area contributed by atoms with Gasteiger partial charge in [0.1, 0.15) is 98.1 Å². The summed E-state index contributed by atoms with van der Waals surface area (Å²) >= 11 is 8.48. The zero-order valence-corrected chi connectivity index (χ0v) is 50.4. The normalized spacial score (nSPS) is 15.4. The molecule has 2 aliphatic heterocycles. The van der Waals surface area contributed by atoms with E-state index in [4.69, 9.17) is 47.9 Å². The molecule has 22 heteroatoms. The Labute approximate surface area is 522 Å². The van der Waals surface area contributed by atoms with Gasteiger partial charge in [-0.15, -0.1) is 56.7 Å². The molecule has 0 amide bonds. The summed E-state index contributed by atoms with van der Waals surface area (Å²) in [6.07, 6.45) is 3.28. The fourth-order valence-corrected chi connectivity index (χ4v) is 18.5. The van der Waals surface area contributed by atoms with E-state index in [9.17, 15) is 35.9 Å². The van der Waals surface area contributed by atoms with E-state index in [-0.39, 0.29) is 78.3 Å². The van der Waals surface area contributed by atoms with Crippen molar-refractivity contribution in [1.82, 2.24) is 18.7 Å². The molecule has 410 valence electrons. The highest BCUT2D eigenvalue weighted by molar-refractivity contribution is 7.26. The fraction of sp³-hybridized carbons (Fsp3) is 0.0909. The number of benzene rings is 4. The number of hydrogen-bond donors (Lipinski definition) is 0. The molecule has 0 unspecified atom stereocenters. The number of nitriles is 5. The molecule has 0 bridgehead atoms. The Hall–Kier alpha value is -11.1. The third-order valence-electron chi connectivity index (χ3n) is 15.8. The van der Waals surface area contributed by atoms with Crippen LogP contribution in [0.4, 0.5) is 5.69 Å². The molecule has 9 heterocycles. The van der Waals surface area contributed by atoms with E-state index in [1.807, 2.05) is 88.4 Å². The minimum Gasteiger partial charge on any atom is -0.482 e. The van der Waals surface area contributed by atoms with Crippen LogP contribution in [0.3, 0.4) is 0 Å². The zero-order valence-electron chi connectivity index (χ0n) is 45.5. The first-order valence-corrected chi connectivity index (χ1v) is 31.1. The Morgan fingerprint density at radius 1 is 0.568 bits per heavy atom. The summed E-state index contributed by atoms with van der Waals surface area (Å²) in [4.78, 5) is 57.0. The van der Waals surface area contributed by atoms with Gasteiger partial charge in [0, 0.05) is 79.7 Å². The van der Waals surface area contributed by atoms with Crippen molar-refractivity contribution in [1.29, 1.82) is 26.3 Å². The Morgan fingerprint density at radius 3 is 1.62 bits per heavy atom. The van der Waals surface area contributed by atoms with E-state index in [0.717, 1.165) is 83.7 Å². The Kier molecular flexibility index (Phi) is 11.7. The standard InChI is InChI=1S/C66H26N12O4S6/c1-65(2)40-20-46(85-59(40)61-43(81-65)17-31(83-61)15-38-48(30(25-70)26-71)34-14-29(24-69)42(72-5)19-37(34)58(38)80)50-53-54(76-64-52(75-53)33-10-8-9-11-45(33)87-64)51(56-55(50)77-88-78-56)47-21-41-60(86-47)62-44(82-66(41,3)4)18-32(84-62)16-39-49(63(73-6)74-7)35-12-27(22-67)28(23-68)13-36(35)57(39)79/h8-21H,1-4H3/b38-15-,39-16-. The maximum atomic E-state index is 14.3. The van der Waals surface area contributed by atoms with Gasteiger partial charge in [-0.25, -0.2) is 14.8 Å². The lowest BCUT2D eigenvalue weighted by atomic mass is 9.93. The molecule has 11 aromatic rings. The molecule has 4 aliphatic rings. The SMILES string of the molecule is [C-]#[N+]C([N+]#[C-])=C1/C(=C/c2cc3c(s2)-c2sc(-c4c5nsnc5c(-c5cc6c(s5)-c5sc(/C=C7\C(=O)c8cc([N+]#[C-])c(C#N)cc8C7=C(C#N)C#N)cc5OC6(C)C)c5nc6c(nc45)sc4ccccc46)cc2C(C)(C)O3)C(=O)c2cc(C#N)c(C#N)cc21. The Morgan fingerprint density at radius 2 is 1.08 bits per heavy atom. The zero-order chi connectivity index (χ0) is 61.0. The third kappa shape index (κ3) is 7.60. The number of carbonyl (C=O) groups is 2. The number of rotatable bonds is 4. The second-order valence-electron chi connectivity index (χ2n) is 21.5. The second-order valence-corrected chi connectivity index (χ2v) is 27.3. The minimum absolute atomic E-state index is 0.0115. The number of hydrogen-bond acceptors (Lipinski definition) is 19. The van der Waals surface area contributed by atoms with Crippen LogP contribution < -0.4 is 9.47 Å². The molecule has 15 rings (SSSR count). The predicted molar refractivity (Wildman–Crippen MR) is 340 cm³/mol. The van der Waals surface area contributed by atoms with Crippen LogP contribution >= 0.6 is 68.4 Å². The number of carbonyl (C=O) groups excluding carboxylic acids is 2. The molecule has 7 aromatic heterocycles. The summed E-state index contributed by atoms with van der Waals surface area (Å²) in [5, 5.41) is 50.8. The number of nitrogens with zero attached hydrogens (tertiary/aromatic N) is 12. The van der Waals surface area contributed by atoms with Crippen molar-refractivity contribution >= 4 is 151 Å². The molecule has 2 aliphatic carbocycles. The third-order valence-corrected chi connectivity index (χ3v) is 22.1. The van der Waals surface area contributed by atoms with Crippen LogP contribution in [-0.4, -0.2) is 30.3 Å². The van der Waals surface area contributed by atoms with Crippen LogP contribution in [0.15, 0.2) is 95.3 Å². The van der Waals surface area contributed by atoms with E-state index in [2.05, 4.69) is 32.7 Å². The average molecular weight is 1240 g/mol. The first-order valence-electron chi connectivity index (χ1n) is 26.3. The minimum atomic E-state index is -0.871. The summed E-state index contributed by atoms with van der Waals surface area (Å²) in [6, 6.07) is 31.3. The molecule has 0 radical (unpaired) electrons. The van der Waals surface area contributed by atoms with Gasteiger partial charge < -0.3 is 9.47 Å². The predicted octanol–water partition coefficient (Wildman–Crippen LogP) is 17.2. The number of fused-ring (bicyclic) bond motifs is 13. The molecular weight excluding hydrogens is 1220 g/mol. The van der Waals surface area contributed by atoms with Gasteiger partial charge in [0.2, 0.25) is 5.69 Å². The van der Waals surface area contributed by atoms with Gasteiger partial charge in [-0.2, -0.15) is 44.7 Å². The quantitative estimate of drug-likeness (QED) is 0.0906. The van der Waals surface area contributed by atoms with Crippen molar-refractivity contribution in [3.8, 4) is 82.2 Å². The summed E-state index contributed by atoms with van der Waals surface area (Å²) in [7, 11) is 0. The lowest BCUT2D eigenvalue weighted by molar-refractivity contribution is 0.103. The van der Waals surface area contributed by atoms with Crippen molar-refractivity contribution in [3.05, 3.63) is 189 Å². The molecule has 0 N–H and O–H groups in total. The number of thiophene rings is 5. The van der Waals surface area contributed by atoms with Crippen molar-refractivity contribution < 1.29 is 19.1 Å². The van der Waals surface area contributed by atoms with Crippen LogP contribution in [0, 0.1) is 76.4 Å². The van der Waals surface area contributed by atoms with Gasteiger partial charge >= 0.3 is 5.82 Å². The van der Waals surface area contributed by atoms with E-state index in [1.54, 1.807) is 46.2 Å². The molecule has 0 saturated carbocycles. The largest absolute Gasteiger partial charge is 0.528 e. The monoisotopic (exact) mass is 1240 g/mol. The summed E-state index contributed by atoms with van der Waals surface area (Å²) in [6.45, 7) is 31.3. The van der Waals surface area contributed by atoms with E-state index >= 15 is 0 Å². The number of ketones is 2. The van der Waals surface area contributed by atoms with Gasteiger partial charge in [-0.3, -0.25) is 9.59 Å². The number of aromatic nitrogens is 4. The van der Waals surface area contributed by atoms with Crippen LogP contribution in [0.25, 0.3) is 121 Å². The van der Waals surface area contributed by atoms with Gasteiger partial charge in [-0.1, -0.05) is 18.2 Å². The average Bonchev–Trinajstić information content (AvgIpc) is 1.59. The molecule has 0 fully saturated rings. The number of allylic oxidation sites excluding steroid dienone is 5. The lowest BCUT2D eigenvalue weighted by Crippen LogP contribution is -2.27. The van der Waals surface area contributed by atoms with Gasteiger partial charge in [0.15, 0.2) is 11.6 Å². The molecule has 4 aromatic carbocycles. The highest BCUT2D eigenvalue weighted by atomic mass is 32.1. The first kappa shape index (κ1) is 53.6. The van der Waals surface area contributed by atoms with E-state index < -0.39 is 22.8 Å². The van der Waals surface area contributed by atoms with Crippen LogP contribution in [0.1, 0.15) is 97.1 Å². The molecular formula is C66H26N12O4S6. The molecule has 0 saturated heterocycles. The van der Waals surface area contributed by atoms with Crippen LogP contribution in [0.5, 0.6) is 11.5 Å². The van der Waals surface area contributed by atoms with E-state index in [0.29, 0.717) is 43.3 Å². The molecule has 0 atom stereocenters. The van der Waals surface area contributed by atoms with Gasteiger partial charge in [0.05, 0.1) is 66.1 Å². The highest BCUT2D eigenvalue weighted by Crippen LogP contribution is 2.59. The Bertz CT molecular complexity index is 5720. The molecule has 88 heavy (non-hydrogen) atoms. The molecule has 0 spiro atoms. The summed E-state index contributed by atoms with van der Waals surface area (Å²) in [5.41, 5.74) is 5.54. The number of ether oxygens (including phenoxy) is 2. The lowest BCUT2D eigenvalue weighted by Gasteiger charge is -2.31.